The van der Waals surface area contributed by atoms with E-state index >= 15 is 0 Å². The van der Waals surface area contributed by atoms with E-state index in [4.69, 9.17) is 9.41 Å². The Bertz CT molecular complexity index is 1470. The first-order chi connectivity index (χ1) is 16.7. The van der Waals surface area contributed by atoms with Gasteiger partial charge in [0, 0.05) is 16.7 Å². The van der Waals surface area contributed by atoms with Crippen LogP contribution in [-0.2, 0) is 6.42 Å². The van der Waals surface area contributed by atoms with Gasteiger partial charge in [-0.25, -0.2) is 9.79 Å². The van der Waals surface area contributed by atoms with E-state index < -0.39 is 5.63 Å². The molecule has 0 amide bonds. The molecule has 3 heteroatoms. The molecule has 0 aliphatic rings. The molecule has 0 fully saturated rings. The largest absolute Gasteiger partial charge is 0.421 e. The first kappa shape index (κ1) is 21.6. The topological polar surface area (TPSA) is 42.6 Å². The maximum absolute atomic E-state index is 13.4. The van der Waals surface area contributed by atoms with Gasteiger partial charge in [0.15, 0.2) is 5.69 Å². The summed E-state index contributed by atoms with van der Waals surface area (Å²) in [6, 6.07) is 36.1. The molecule has 0 spiro atoms. The Morgan fingerprint density at radius 1 is 0.765 bits per heavy atom. The minimum absolute atomic E-state index is 0.369. The highest BCUT2D eigenvalue weighted by Crippen LogP contribution is 2.31. The van der Waals surface area contributed by atoms with Crippen LogP contribution in [-0.4, -0.2) is 5.71 Å². The molecule has 0 aliphatic carbocycles. The molecule has 4 aromatic carbocycles. The van der Waals surface area contributed by atoms with Gasteiger partial charge < -0.3 is 4.42 Å². The lowest BCUT2D eigenvalue weighted by Gasteiger charge is -2.12. The van der Waals surface area contributed by atoms with E-state index in [1.54, 1.807) is 0 Å². The van der Waals surface area contributed by atoms with Crippen LogP contribution in [0.25, 0.3) is 22.1 Å². The second-order valence-corrected chi connectivity index (χ2v) is 8.24. The quantitative estimate of drug-likeness (QED) is 0.254. The number of rotatable bonds is 6. The fourth-order valence-electron chi connectivity index (χ4n) is 4.29. The third-order valence-corrected chi connectivity index (χ3v) is 5.90. The van der Waals surface area contributed by atoms with Gasteiger partial charge in [-0.15, -0.1) is 0 Å². The summed E-state index contributed by atoms with van der Waals surface area (Å²) in [4.78, 5) is 18.3. The highest BCUT2D eigenvalue weighted by molar-refractivity contribution is 6.14. The Hall–Kier alpha value is -4.24. The summed E-state index contributed by atoms with van der Waals surface area (Å²) in [5.74, 6) is 0.574. The van der Waals surface area contributed by atoms with Crippen LogP contribution in [0.4, 0.5) is 5.69 Å². The Kier molecular flexibility index (Phi) is 6.17. The van der Waals surface area contributed by atoms with E-state index in [9.17, 15) is 4.79 Å². The molecular weight excluding hydrogens is 418 g/mol. The zero-order valence-electron chi connectivity index (χ0n) is 19.1. The second kappa shape index (κ2) is 9.72. The number of benzene rings is 4. The Labute approximate surface area is 199 Å². The molecule has 0 N–H and O–H groups in total. The summed E-state index contributed by atoms with van der Waals surface area (Å²) < 4.78 is 5.90. The minimum Gasteiger partial charge on any atom is -0.421 e. The van der Waals surface area contributed by atoms with Gasteiger partial charge in [0.25, 0.3) is 0 Å². The number of aliphatic imine (C=N–C) groups is 1. The number of hydrogen-bond acceptors (Lipinski definition) is 3. The van der Waals surface area contributed by atoms with Crippen LogP contribution in [0.3, 0.4) is 0 Å². The lowest BCUT2D eigenvalue weighted by Crippen LogP contribution is -2.08. The first-order valence-corrected chi connectivity index (χ1v) is 11.6. The van der Waals surface area contributed by atoms with Gasteiger partial charge in [0.05, 0.1) is 5.71 Å². The lowest BCUT2D eigenvalue weighted by atomic mass is 10.00. The van der Waals surface area contributed by atoms with Crippen molar-refractivity contribution in [1.82, 2.24) is 0 Å². The van der Waals surface area contributed by atoms with Crippen LogP contribution in [0.2, 0.25) is 0 Å². The summed E-state index contributed by atoms with van der Waals surface area (Å²) in [5, 5.41) is 2.17. The monoisotopic (exact) mass is 443 g/mol. The molecule has 5 aromatic rings. The highest BCUT2D eigenvalue weighted by atomic mass is 16.4. The maximum Gasteiger partial charge on any atom is 0.362 e. The van der Waals surface area contributed by atoms with Crippen molar-refractivity contribution < 1.29 is 4.42 Å². The first-order valence-electron chi connectivity index (χ1n) is 11.6. The van der Waals surface area contributed by atoms with Gasteiger partial charge in [0.1, 0.15) is 5.76 Å². The van der Waals surface area contributed by atoms with Gasteiger partial charge in [-0.3, -0.25) is 0 Å². The zero-order valence-corrected chi connectivity index (χ0v) is 19.1. The van der Waals surface area contributed by atoms with E-state index in [2.05, 4.69) is 25.1 Å². The molecule has 0 unspecified atom stereocenters. The molecule has 0 radical (unpaired) electrons. The third kappa shape index (κ3) is 4.33. The van der Waals surface area contributed by atoms with E-state index in [1.807, 2.05) is 91.0 Å². The maximum atomic E-state index is 13.4. The van der Waals surface area contributed by atoms with Crippen molar-refractivity contribution >= 4 is 22.2 Å². The van der Waals surface area contributed by atoms with Crippen LogP contribution in [0.5, 0.6) is 0 Å². The minimum atomic E-state index is -0.418. The van der Waals surface area contributed by atoms with E-state index in [-0.39, 0.29) is 0 Å². The number of fused-ring (bicyclic) bond motifs is 1. The number of nitrogens with zero attached hydrogens (tertiary/aromatic N) is 1. The third-order valence-electron chi connectivity index (χ3n) is 5.90. The van der Waals surface area contributed by atoms with Crippen molar-refractivity contribution in [2.75, 3.05) is 0 Å². The van der Waals surface area contributed by atoms with Gasteiger partial charge in [-0.2, -0.15) is 0 Å². The Balaban J connectivity index is 1.71. The molecule has 34 heavy (non-hydrogen) atoms. The average Bonchev–Trinajstić information content (AvgIpc) is 2.89. The van der Waals surface area contributed by atoms with Gasteiger partial charge in [0.2, 0.25) is 0 Å². The molecule has 5 rings (SSSR count). The van der Waals surface area contributed by atoms with Crippen molar-refractivity contribution in [3.8, 4) is 11.3 Å². The number of hydrogen-bond donors (Lipinski definition) is 0. The van der Waals surface area contributed by atoms with Crippen LogP contribution < -0.4 is 5.63 Å². The molecule has 166 valence electrons. The fraction of sp³-hybridized carbons (Fsp3) is 0.0968. The Morgan fingerprint density at radius 2 is 1.38 bits per heavy atom. The molecular formula is C31H25NO2. The fourth-order valence-corrected chi connectivity index (χ4v) is 4.29. The summed E-state index contributed by atoms with van der Waals surface area (Å²) in [6.45, 7) is 2.11. The van der Waals surface area contributed by atoms with Crippen LogP contribution >= 0.6 is 0 Å². The lowest BCUT2D eigenvalue weighted by molar-refractivity contribution is 0.525. The van der Waals surface area contributed by atoms with Crippen molar-refractivity contribution in [2.24, 2.45) is 4.99 Å². The van der Waals surface area contributed by atoms with Crippen LogP contribution in [0, 0.1) is 0 Å². The molecule has 0 atom stereocenters. The van der Waals surface area contributed by atoms with Gasteiger partial charge in [-0.1, -0.05) is 116 Å². The van der Waals surface area contributed by atoms with Gasteiger partial charge in [-0.05, 0) is 28.8 Å². The van der Waals surface area contributed by atoms with Crippen molar-refractivity contribution in [1.29, 1.82) is 0 Å². The van der Waals surface area contributed by atoms with Crippen LogP contribution in [0.15, 0.2) is 123 Å². The van der Waals surface area contributed by atoms with Crippen LogP contribution in [0.1, 0.15) is 30.0 Å². The summed E-state index contributed by atoms with van der Waals surface area (Å²) in [5.41, 5.74) is 4.42. The second-order valence-electron chi connectivity index (χ2n) is 8.24. The normalized spacial score (nSPS) is 10.9. The van der Waals surface area contributed by atoms with Gasteiger partial charge >= 0.3 is 5.63 Å². The van der Waals surface area contributed by atoms with Crippen molar-refractivity contribution in [3.63, 3.8) is 0 Å². The highest BCUT2D eigenvalue weighted by Gasteiger charge is 2.16. The predicted octanol–water partition coefficient (Wildman–Crippen LogP) is 7.58. The molecule has 1 aromatic heterocycles. The summed E-state index contributed by atoms with van der Waals surface area (Å²) in [7, 11) is 0. The molecule has 0 bridgehead atoms. The molecule has 0 saturated heterocycles. The molecule has 1 heterocycles. The van der Waals surface area contributed by atoms with Crippen molar-refractivity contribution in [2.45, 2.75) is 19.8 Å². The average molecular weight is 444 g/mol. The molecule has 3 nitrogen and oxygen atoms in total. The predicted molar refractivity (Wildman–Crippen MR) is 140 cm³/mol. The number of aryl methyl sites for hydroxylation is 1. The standard InChI is InChI=1S/C31H25NO2/c1-2-12-25-21-28(27-20-11-18-22-13-9-10-19-26(22)27)34-31(33)30(25)32-29(23-14-5-3-6-15-23)24-16-7-4-8-17-24/h3-11,13-21H,2,12H2,1H3. The van der Waals surface area contributed by atoms with Crippen molar-refractivity contribution in [3.05, 3.63) is 136 Å². The Morgan fingerprint density at radius 3 is 2.06 bits per heavy atom. The molecule has 0 saturated carbocycles. The summed E-state index contributed by atoms with van der Waals surface area (Å²) >= 11 is 0. The van der Waals surface area contributed by atoms with E-state index in [1.165, 1.54) is 0 Å². The smallest absolute Gasteiger partial charge is 0.362 e. The summed E-state index contributed by atoms with van der Waals surface area (Å²) in [6.07, 6.45) is 1.63. The van der Waals surface area contributed by atoms with E-state index in [0.29, 0.717) is 11.4 Å². The zero-order chi connectivity index (χ0) is 23.3. The van der Waals surface area contributed by atoms with E-state index in [0.717, 1.165) is 51.6 Å². The molecule has 0 aliphatic heterocycles. The SMILES string of the molecule is CCCc1cc(-c2cccc3ccccc23)oc(=O)c1N=C(c1ccccc1)c1ccccc1.